The van der Waals surface area contributed by atoms with Gasteiger partial charge in [-0.3, -0.25) is 0 Å². The molecule has 1 heterocycles. The topological polar surface area (TPSA) is 64.5 Å². The van der Waals surface area contributed by atoms with Crippen LogP contribution in [0.4, 0.5) is 0 Å². The lowest BCUT2D eigenvalue weighted by Gasteiger charge is -2.29. The van der Waals surface area contributed by atoms with Crippen molar-refractivity contribution in [1.82, 2.24) is 10.9 Å². The zero-order valence-corrected chi connectivity index (χ0v) is 17.4. The third-order valence-corrected chi connectivity index (χ3v) is 6.48. The van der Waals surface area contributed by atoms with E-state index in [1.54, 1.807) is 11.8 Å². The highest BCUT2D eigenvalue weighted by Gasteiger charge is 2.30. The standard InChI is InChI=1S/C17H26N2O2S3/c1-16(2,3)10-7-11(17(4,5)6)13(21)9(12(10)20)8-23-15-19-18-14(22)24-15/h7,15,19-21H,8H2,1-6H3,(H,18,22). The molecule has 1 aliphatic rings. The highest BCUT2D eigenvalue weighted by Crippen LogP contribution is 2.46. The van der Waals surface area contributed by atoms with Crippen molar-refractivity contribution in [2.45, 2.75) is 62.8 Å². The normalized spacial score (nSPS) is 18.8. The van der Waals surface area contributed by atoms with E-state index < -0.39 is 0 Å². The number of phenolic OH excluding ortho intramolecular Hbond substituents is 2. The first kappa shape index (κ1) is 19.7. The van der Waals surface area contributed by atoms with E-state index in [0.717, 1.165) is 11.1 Å². The minimum absolute atomic E-state index is 0.0627. The van der Waals surface area contributed by atoms with Crippen LogP contribution < -0.4 is 10.9 Å². The molecule has 1 atom stereocenters. The van der Waals surface area contributed by atoms with E-state index in [1.165, 1.54) is 11.8 Å². The van der Waals surface area contributed by atoms with Gasteiger partial charge in [-0.1, -0.05) is 65.5 Å². The first-order valence-electron chi connectivity index (χ1n) is 7.84. The maximum absolute atomic E-state index is 10.8. The van der Waals surface area contributed by atoms with E-state index in [1.807, 2.05) is 6.07 Å². The lowest BCUT2D eigenvalue weighted by Crippen LogP contribution is -2.29. The number of rotatable bonds is 3. The summed E-state index contributed by atoms with van der Waals surface area (Å²) in [7, 11) is 0. The second-order valence-electron chi connectivity index (χ2n) is 7.97. The van der Waals surface area contributed by atoms with Gasteiger partial charge in [0.05, 0.1) is 0 Å². The van der Waals surface area contributed by atoms with E-state index in [-0.39, 0.29) is 27.0 Å². The number of hydrazine groups is 1. The number of thioether (sulfide) groups is 2. The fourth-order valence-electron chi connectivity index (χ4n) is 2.51. The molecular formula is C17H26N2O2S3. The Morgan fingerprint density at radius 2 is 1.58 bits per heavy atom. The van der Waals surface area contributed by atoms with Gasteiger partial charge in [0.2, 0.25) is 0 Å². The Labute approximate surface area is 158 Å². The van der Waals surface area contributed by atoms with Gasteiger partial charge in [-0.05, 0) is 16.9 Å². The van der Waals surface area contributed by atoms with Crippen LogP contribution in [-0.4, -0.2) is 19.2 Å². The Bertz CT molecular complexity index is 610. The number of hydrogen-bond donors (Lipinski definition) is 4. The Hall–Kier alpha value is -0.630. The van der Waals surface area contributed by atoms with Crippen LogP contribution in [0.3, 0.4) is 0 Å². The Kier molecular flexibility index (Phi) is 5.69. The molecule has 134 valence electrons. The molecule has 0 bridgehead atoms. The second-order valence-corrected chi connectivity index (χ2v) is 11.1. The van der Waals surface area contributed by atoms with E-state index in [4.69, 9.17) is 12.2 Å². The fraction of sp³-hybridized carbons (Fsp3) is 0.588. The molecule has 1 unspecified atom stereocenters. The van der Waals surface area contributed by atoms with E-state index >= 15 is 0 Å². The average molecular weight is 387 g/mol. The molecule has 2 rings (SSSR count). The van der Waals surface area contributed by atoms with Crippen molar-refractivity contribution < 1.29 is 10.2 Å². The molecule has 0 amide bonds. The summed E-state index contributed by atoms with van der Waals surface area (Å²) in [4.78, 5) is 0. The van der Waals surface area contributed by atoms with Crippen molar-refractivity contribution in [1.29, 1.82) is 0 Å². The first-order chi connectivity index (χ1) is 10.9. The third kappa shape index (κ3) is 4.31. The molecule has 0 radical (unpaired) electrons. The zero-order valence-electron chi connectivity index (χ0n) is 15.0. The molecular weight excluding hydrogens is 360 g/mol. The number of hydrogen-bond acceptors (Lipinski definition) is 6. The summed E-state index contributed by atoms with van der Waals surface area (Å²) in [5, 5.41) is 21.6. The van der Waals surface area contributed by atoms with Crippen LogP contribution in [-0.2, 0) is 16.6 Å². The molecule has 1 aromatic rings. The smallest absolute Gasteiger partial charge is 0.150 e. The summed E-state index contributed by atoms with van der Waals surface area (Å²) in [6, 6.07) is 1.94. The highest BCUT2D eigenvalue weighted by atomic mass is 32.2. The lowest BCUT2D eigenvalue weighted by molar-refractivity contribution is 0.410. The largest absolute Gasteiger partial charge is 0.507 e. The van der Waals surface area contributed by atoms with Crippen LogP contribution in [0.2, 0.25) is 0 Å². The van der Waals surface area contributed by atoms with Gasteiger partial charge < -0.3 is 15.6 Å². The molecule has 0 aliphatic carbocycles. The number of nitrogens with one attached hydrogen (secondary N) is 2. The molecule has 1 aromatic carbocycles. The first-order valence-corrected chi connectivity index (χ1v) is 10.2. The molecule has 0 saturated carbocycles. The lowest BCUT2D eigenvalue weighted by atomic mass is 9.78. The molecule has 7 heteroatoms. The number of benzene rings is 1. The van der Waals surface area contributed by atoms with E-state index in [0.29, 0.717) is 15.6 Å². The molecule has 0 spiro atoms. The van der Waals surface area contributed by atoms with E-state index in [2.05, 4.69) is 52.4 Å². The van der Waals surface area contributed by atoms with Crippen LogP contribution in [0.25, 0.3) is 0 Å². The SMILES string of the molecule is CC(C)(C)c1cc(C(C)(C)C)c(O)c(CSC2NNC(=S)S2)c1O. The van der Waals surface area contributed by atoms with Crippen LogP contribution >= 0.6 is 35.7 Å². The van der Waals surface area contributed by atoms with Gasteiger partial charge in [-0.15, -0.1) is 11.8 Å². The van der Waals surface area contributed by atoms with Gasteiger partial charge in [0.1, 0.15) is 20.5 Å². The Morgan fingerprint density at radius 3 is 1.96 bits per heavy atom. The Balaban J connectivity index is 2.42. The van der Waals surface area contributed by atoms with Crippen LogP contribution in [0.1, 0.15) is 58.2 Å². The maximum atomic E-state index is 10.8. The summed E-state index contributed by atoms with van der Waals surface area (Å²) < 4.78 is 0.771. The second kappa shape index (κ2) is 6.94. The summed E-state index contributed by atoms with van der Waals surface area (Å²) in [6.45, 7) is 12.4. The zero-order chi connectivity index (χ0) is 18.3. The van der Waals surface area contributed by atoms with Crippen molar-refractivity contribution in [3.05, 3.63) is 22.8 Å². The quantitative estimate of drug-likeness (QED) is 0.577. The van der Waals surface area contributed by atoms with E-state index in [9.17, 15) is 10.2 Å². The number of aromatic hydroxyl groups is 2. The predicted molar refractivity (Wildman–Crippen MR) is 109 cm³/mol. The van der Waals surface area contributed by atoms with Gasteiger partial charge >= 0.3 is 0 Å². The fourth-order valence-corrected chi connectivity index (χ4v) is 4.97. The molecule has 4 nitrogen and oxygen atoms in total. The van der Waals surface area contributed by atoms with Crippen molar-refractivity contribution in [2.24, 2.45) is 0 Å². The summed E-state index contributed by atoms with van der Waals surface area (Å²) in [5.41, 5.74) is 7.89. The molecule has 4 N–H and O–H groups in total. The van der Waals surface area contributed by atoms with Gasteiger partial charge in [-0.2, -0.15) is 0 Å². The van der Waals surface area contributed by atoms with Crippen molar-refractivity contribution in [3.63, 3.8) is 0 Å². The highest BCUT2D eigenvalue weighted by molar-refractivity contribution is 8.30. The summed E-state index contributed by atoms with van der Waals surface area (Å²) >= 11 is 8.21. The summed E-state index contributed by atoms with van der Waals surface area (Å²) in [6.07, 6.45) is 0. The molecule has 24 heavy (non-hydrogen) atoms. The van der Waals surface area contributed by atoms with Gasteiger partial charge in [0.25, 0.3) is 0 Å². The maximum Gasteiger partial charge on any atom is 0.150 e. The summed E-state index contributed by atoms with van der Waals surface area (Å²) in [5.74, 6) is 0.887. The third-order valence-electron chi connectivity index (χ3n) is 3.87. The van der Waals surface area contributed by atoms with Crippen molar-refractivity contribution in [2.75, 3.05) is 0 Å². The Morgan fingerprint density at radius 1 is 1.08 bits per heavy atom. The molecule has 1 saturated heterocycles. The van der Waals surface area contributed by atoms with Gasteiger partial charge in [0, 0.05) is 22.4 Å². The molecule has 0 aromatic heterocycles. The van der Waals surface area contributed by atoms with Crippen molar-refractivity contribution >= 4 is 40.1 Å². The molecule has 1 fully saturated rings. The van der Waals surface area contributed by atoms with Crippen LogP contribution in [0, 0.1) is 0 Å². The average Bonchev–Trinajstić information content (AvgIpc) is 2.81. The number of phenols is 2. The molecule has 1 aliphatic heterocycles. The minimum Gasteiger partial charge on any atom is -0.507 e. The monoisotopic (exact) mass is 386 g/mol. The number of thiocarbonyl (C=S) groups is 1. The minimum atomic E-state index is -0.208. The van der Waals surface area contributed by atoms with Gasteiger partial charge in [-0.25, -0.2) is 5.43 Å². The predicted octanol–water partition coefficient (Wildman–Crippen LogP) is 4.34. The van der Waals surface area contributed by atoms with Crippen molar-refractivity contribution in [3.8, 4) is 11.5 Å². The van der Waals surface area contributed by atoms with Gasteiger partial charge in [0.15, 0.2) is 0 Å². The van der Waals surface area contributed by atoms with Crippen LogP contribution in [0.5, 0.6) is 11.5 Å². The van der Waals surface area contributed by atoms with Crippen LogP contribution in [0.15, 0.2) is 6.07 Å².